The first kappa shape index (κ1) is 43.6. The number of aryl methyl sites for hydroxylation is 1. The molecular weight excluding hydrogens is 915 g/mol. The molecule has 13 nitrogen and oxygen atoms in total. The van der Waals surface area contributed by atoms with E-state index in [9.17, 15) is 35.9 Å². The number of carbonyl (C=O) groups excluding carboxylic acids is 1. The number of fused-ring (bicyclic) bond motifs is 5. The van der Waals surface area contributed by atoms with Gasteiger partial charge in [0.1, 0.15) is 53.7 Å². The third-order valence-electron chi connectivity index (χ3n) is 11.2. The molecule has 5 unspecified atom stereocenters. The second-order valence-electron chi connectivity index (χ2n) is 15.4. The van der Waals surface area contributed by atoms with Crippen molar-refractivity contribution in [3.63, 3.8) is 0 Å². The summed E-state index contributed by atoms with van der Waals surface area (Å²) in [5, 5.41) is 11.0. The summed E-state index contributed by atoms with van der Waals surface area (Å²) in [6.45, 7) is -1.02. The number of rotatable bonds is 12. The van der Waals surface area contributed by atoms with Crippen molar-refractivity contribution >= 4 is 67.8 Å². The maximum atomic E-state index is 15.6. The number of amides is 1. The lowest BCUT2D eigenvalue weighted by atomic mass is 10.0. The number of carbonyl (C=O) groups is 1. The summed E-state index contributed by atoms with van der Waals surface area (Å²) in [6, 6.07) is 10.1. The zero-order chi connectivity index (χ0) is 45.7. The molecule has 0 radical (unpaired) electrons. The standard InChI is InChI=1S/C41H31ClF7N9O4S2/c1-56-34-28(9-7-25(42)32(34)38(54-56)55-64(3)62)58-39(52-37-22(40(58)60)6-8-26(51-37)21-5-4-18(43)14-29(21)63(2)61)27(12-17-10-19(44)13-20(45)11-17)50-30(59)16-57-35-31(33(53-57)36(46)47)23-15-24(23)41(35,48)49/h4-11,13-14,23-24,27,36H,12,15-16H2,1-3H3,(H,50,59)(H,54,55). The van der Waals surface area contributed by atoms with E-state index in [1.165, 1.54) is 54.6 Å². The second kappa shape index (κ2) is 16.1. The molecule has 1 amide bonds. The van der Waals surface area contributed by atoms with Crippen molar-refractivity contribution < 1.29 is 44.6 Å². The van der Waals surface area contributed by atoms with Crippen LogP contribution in [0.3, 0.4) is 0 Å². The van der Waals surface area contributed by atoms with Crippen LogP contribution in [0.25, 0.3) is 38.9 Å². The number of halogens is 8. The zero-order valence-corrected chi connectivity index (χ0v) is 35.7. The third-order valence-corrected chi connectivity index (χ3v) is 12.9. The van der Waals surface area contributed by atoms with Crippen molar-refractivity contribution in [1.29, 1.82) is 0 Å². The minimum atomic E-state index is -3.57. The van der Waals surface area contributed by atoms with Gasteiger partial charge in [0.25, 0.3) is 17.9 Å². The summed E-state index contributed by atoms with van der Waals surface area (Å²) in [5.74, 6) is -9.71. The molecule has 7 aromatic rings. The van der Waals surface area contributed by atoms with E-state index >= 15 is 13.6 Å². The number of nitrogens with one attached hydrogen (secondary N) is 2. The summed E-state index contributed by atoms with van der Waals surface area (Å²) < 4.78 is 134. The summed E-state index contributed by atoms with van der Waals surface area (Å²) in [6.07, 6.45) is -1.08. The Balaban J connectivity index is 1.27. The van der Waals surface area contributed by atoms with Gasteiger partial charge in [-0.1, -0.05) is 11.6 Å². The molecule has 5 atom stereocenters. The molecule has 4 heterocycles. The molecular formula is C41H31ClF7N9O4S2. The van der Waals surface area contributed by atoms with Crippen LogP contribution in [0.1, 0.15) is 53.1 Å². The van der Waals surface area contributed by atoms with Gasteiger partial charge in [-0.25, -0.2) is 31.9 Å². The molecule has 0 spiro atoms. The molecule has 2 N–H and O–H groups in total. The van der Waals surface area contributed by atoms with Crippen LogP contribution in [0, 0.1) is 23.4 Å². The SMILES string of the molecule is Cn1nc(N[S+](C)[O-])c2c(Cl)ccc(-n3c(C(Cc4cc(F)cc(F)c4)NC(=O)Cn4nc(C(F)F)c5c4C(F)(F)C4CC54)nc4nc(-c5ccc(F)cc5[S+](C)[O-])ccc4c3=O)c21. The molecule has 64 heavy (non-hydrogen) atoms. The minimum Gasteiger partial charge on any atom is -0.612 e. The Morgan fingerprint density at radius 2 is 1.72 bits per heavy atom. The van der Waals surface area contributed by atoms with Crippen LogP contribution in [0.5, 0.6) is 0 Å². The van der Waals surface area contributed by atoms with E-state index in [0.29, 0.717) is 10.7 Å². The van der Waals surface area contributed by atoms with Crippen LogP contribution < -0.4 is 15.6 Å². The highest BCUT2D eigenvalue weighted by Gasteiger charge is 2.67. The maximum Gasteiger partial charge on any atom is 0.293 e. The van der Waals surface area contributed by atoms with Crippen molar-refractivity contribution in [1.82, 2.24) is 39.4 Å². The van der Waals surface area contributed by atoms with Crippen LogP contribution in [0.4, 0.5) is 36.6 Å². The molecule has 1 saturated carbocycles. The molecule has 0 saturated heterocycles. The van der Waals surface area contributed by atoms with Gasteiger partial charge in [-0.15, -0.1) is 5.10 Å². The Morgan fingerprint density at radius 3 is 2.41 bits per heavy atom. The Bertz CT molecular complexity index is 3110. The van der Waals surface area contributed by atoms with Crippen molar-refractivity contribution in [2.24, 2.45) is 13.0 Å². The van der Waals surface area contributed by atoms with Crippen molar-refractivity contribution in [2.75, 3.05) is 17.2 Å². The highest BCUT2D eigenvalue weighted by Crippen LogP contribution is 2.68. The van der Waals surface area contributed by atoms with E-state index in [-0.39, 0.29) is 78.0 Å². The Hall–Kier alpha value is -5.68. The largest absolute Gasteiger partial charge is 0.612 e. The molecule has 2 aliphatic carbocycles. The van der Waals surface area contributed by atoms with E-state index < -0.39 is 106 Å². The van der Waals surface area contributed by atoms with Gasteiger partial charge in [0.2, 0.25) is 11.7 Å². The summed E-state index contributed by atoms with van der Waals surface area (Å²) in [5.41, 5.74) is -2.63. The van der Waals surface area contributed by atoms with Crippen LogP contribution in [-0.4, -0.2) is 61.6 Å². The van der Waals surface area contributed by atoms with Crippen molar-refractivity contribution in [2.45, 2.75) is 48.6 Å². The van der Waals surface area contributed by atoms with Crippen LogP contribution >= 0.6 is 11.6 Å². The highest BCUT2D eigenvalue weighted by molar-refractivity contribution is 7.92. The van der Waals surface area contributed by atoms with Crippen LogP contribution in [-0.2, 0) is 53.3 Å². The lowest BCUT2D eigenvalue weighted by Gasteiger charge is -2.24. The molecule has 332 valence electrons. The molecule has 9 rings (SSSR count). The Labute approximate surface area is 368 Å². The number of benzene rings is 3. The number of pyridine rings is 1. The number of hydrogen-bond acceptors (Lipinski definition) is 9. The highest BCUT2D eigenvalue weighted by atomic mass is 35.5. The zero-order valence-electron chi connectivity index (χ0n) is 33.3. The summed E-state index contributed by atoms with van der Waals surface area (Å²) in [7, 11) is 1.50. The van der Waals surface area contributed by atoms with E-state index in [0.717, 1.165) is 28.8 Å². The lowest BCUT2D eigenvalue weighted by Crippen LogP contribution is -2.38. The number of aromatic nitrogens is 7. The van der Waals surface area contributed by atoms with E-state index in [1.807, 2.05) is 0 Å². The fourth-order valence-corrected chi connectivity index (χ4v) is 9.93. The van der Waals surface area contributed by atoms with Gasteiger partial charge < -0.3 is 14.4 Å². The second-order valence-corrected chi connectivity index (χ2v) is 18.2. The smallest absolute Gasteiger partial charge is 0.293 e. The molecule has 0 aliphatic heterocycles. The number of nitrogens with zero attached hydrogens (tertiary/aromatic N) is 7. The first-order valence-corrected chi connectivity index (χ1v) is 22.7. The number of alkyl halides is 4. The van der Waals surface area contributed by atoms with Crippen LogP contribution in [0.2, 0.25) is 5.02 Å². The lowest BCUT2D eigenvalue weighted by molar-refractivity contribution is -0.123. The molecule has 3 aromatic carbocycles. The quantitative estimate of drug-likeness (QED) is 0.0944. The van der Waals surface area contributed by atoms with Crippen LogP contribution in [0.15, 0.2) is 70.4 Å². The van der Waals surface area contributed by atoms with Crippen molar-refractivity contribution in [3.05, 3.63) is 122 Å². The van der Waals surface area contributed by atoms with E-state index in [1.54, 1.807) is 0 Å². The van der Waals surface area contributed by atoms with E-state index in [4.69, 9.17) is 16.6 Å². The minimum absolute atomic E-state index is 0.0218. The average Bonchev–Trinajstić information content (AvgIpc) is 3.75. The fraction of sp³-hybridized carbons (Fsp3) is 0.268. The summed E-state index contributed by atoms with van der Waals surface area (Å²) in [4.78, 5) is 38.6. The average molecular weight is 946 g/mol. The van der Waals surface area contributed by atoms with Gasteiger partial charge in [-0.05, 0) is 77.6 Å². The fourth-order valence-electron chi connectivity index (χ4n) is 8.52. The third kappa shape index (κ3) is 7.53. The Morgan fingerprint density at radius 1 is 0.984 bits per heavy atom. The molecule has 2 aliphatic rings. The topological polar surface area (TPSA) is 171 Å². The predicted molar refractivity (Wildman–Crippen MR) is 223 cm³/mol. The molecule has 0 bridgehead atoms. The first-order chi connectivity index (χ1) is 30.3. The van der Waals surface area contributed by atoms with Gasteiger partial charge >= 0.3 is 0 Å². The summed E-state index contributed by atoms with van der Waals surface area (Å²) >= 11 is 3.29. The van der Waals surface area contributed by atoms with E-state index in [2.05, 4.69) is 25.2 Å². The normalized spacial score (nSPS) is 17.7. The van der Waals surface area contributed by atoms with Gasteiger partial charge in [-0.2, -0.15) is 18.6 Å². The monoisotopic (exact) mass is 945 g/mol. The molecule has 23 heteroatoms. The van der Waals surface area contributed by atoms with Gasteiger partial charge in [0.05, 0.1) is 55.7 Å². The molecule has 4 aromatic heterocycles. The van der Waals surface area contributed by atoms with Crippen molar-refractivity contribution in [3.8, 4) is 16.9 Å². The number of anilines is 1. The first-order valence-electron chi connectivity index (χ1n) is 19.2. The van der Waals surface area contributed by atoms with Gasteiger partial charge in [0.15, 0.2) is 10.5 Å². The predicted octanol–water partition coefficient (Wildman–Crippen LogP) is 7.29. The van der Waals surface area contributed by atoms with Gasteiger partial charge in [0, 0.05) is 37.1 Å². The molecule has 1 fully saturated rings. The number of hydrogen-bond donors (Lipinski definition) is 2. The Kier molecular flexibility index (Phi) is 10.9. The maximum absolute atomic E-state index is 15.6. The van der Waals surface area contributed by atoms with Gasteiger partial charge in [-0.3, -0.25) is 23.5 Å².